The molecule has 0 amide bonds. The molecule has 0 bridgehead atoms. The topological polar surface area (TPSA) is 30.7 Å². The molecule has 0 aromatic rings. The summed E-state index contributed by atoms with van der Waals surface area (Å²) in [5, 5.41) is 0. The molecule has 0 aromatic heterocycles. The molecule has 42 valence electrons. The molecule has 1 rings (SSSR count). The third kappa shape index (κ3) is 0.648. The van der Waals surface area contributed by atoms with Crippen molar-refractivity contribution in [2.24, 2.45) is 0 Å². The van der Waals surface area contributed by atoms with Gasteiger partial charge in [-0.25, -0.2) is 11.4 Å². The van der Waals surface area contributed by atoms with Crippen molar-refractivity contribution in [1.29, 1.82) is 0 Å². The van der Waals surface area contributed by atoms with Gasteiger partial charge in [-0.3, -0.25) is 0 Å². The molecule has 1 aliphatic rings. The van der Waals surface area contributed by atoms with E-state index < -0.39 is 6.04 Å². The highest BCUT2D eigenvalue weighted by Gasteiger charge is 2.31. The first kappa shape index (κ1) is 5.10. The minimum Gasteiger partial charge on any atom is -0.460 e. The Kier molecular flexibility index (Phi) is 1.17. The fourth-order valence-corrected chi connectivity index (χ4v) is 0.602. The average Bonchev–Trinajstić information content (AvgIpc) is 2.14. The van der Waals surface area contributed by atoms with E-state index in [2.05, 4.69) is 9.58 Å². The van der Waals surface area contributed by atoms with Crippen LogP contribution in [-0.2, 0) is 9.53 Å². The SMILES string of the molecule is [C-]#[N+]C1CCOC1=O. The van der Waals surface area contributed by atoms with E-state index in [0.717, 1.165) is 0 Å². The summed E-state index contributed by atoms with van der Waals surface area (Å²) in [6.45, 7) is 6.88. The molecule has 1 aliphatic heterocycles. The fourth-order valence-electron chi connectivity index (χ4n) is 0.602. The van der Waals surface area contributed by atoms with Crippen LogP contribution in [0.4, 0.5) is 0 Å². The van der Waals surface area contributed by atoms with Gasteiger partial charge < -0.3 is 9.58 Å². The van der Waals surface area contributed by atoms with E-state index in [1.165, 1.54) is 0 Å². The van der Waals surface area contributed by atoms with E-state index in [-0.39, 0.29) is 5.97 Å². The number of carbonyl (C=O) groups excluding carboxylic acids is 1. The van der Waals surface area contributed by atoms with Crippen molar-refractivity contribution < 1.29 is 9.53 Å². The minimum atomic E-state index is -0.505. The van der Waals surface area contributed by atoms with Crippen molar-refractivity contribution in [3.8, 4) is 0 Å². The lowest BCUT2D eigenvalue weighted by atomic mass is 10.3. The van der Waals surface area contributed by atoms with Crippen molar-refractivity contribution in [3.63, 3.8) is 0 Å². The van der Waals surface area contributed by atoms with Crippen molar-refractivity contribution in [2.45, 2.75) is 12.5 Å². The smallest absolute Gasteiger partial charge is 0.390 e. The predicted octanol–water partition coefficient (Wildman–Crippen LogP) is 0.221. The highest BCUT2D eigenvalue weighted by Crippen LogP contribution is 2.08. The van der Waals surface area contributed by atoms with Crippen molar-refractivity contribution >= 4 is 5.97 Å². The van der Waals surface area contributed by atoms with Crippen LogP contribution in [0.1, 0.15) is 6.42 Å². The van der Waals surface area contributed by atoms with Crippen LogP contribution < -0.4 is 0 Å². The molecule has 1 atom stereocenters. The Hall–Kier alpha value is -1.04. The van der Waals surface area contributed by atoms with Crippen LogP contribution in [0.15, 0.2) is 0 Å². The number of carbonyl (C=O) groups is 1. The zero-order chi connectivity index (χ0) is 5.98. The van der Waals surface area contributed by atoms with Crippen molar-refractivity contribution in [1.82, 2.24) is 0 Å². The van der Waals surface area contributed by atoms with E-state index in [1.807, 2.05) is 0 Å². The summed E-state index contributed by atoms with van der Waals surface area (Å²) in [4.78, 5) is 13.4. The summed E-state index contributed by atoms with van der Waals surface area (Å²) in [5.74, 6) is -0.361. The monoisotopic (exact) mass is 111 g/mol. The number of esters is 1. The van der Waals surface area contributed by atoms with Gasteiger partial charge in [0.05, 0.1) is 13.0 Å². The molecule has 3 nitrogen and oxygen atoms in total. The van der Waals surface area contributed by atoms with Gasteiger partial charge in [-0.15, -0.1) is 0 Å². The van der Waals surface area contributed by atoms with Gasteiger partial charge in [-0.05, 0) is 0 Å². The summed E-state index contributed by atoms with van der Waals surface area (Å²) in [6, 6.07) is -0.505. The van der Waals surface area contributed by atoms with E-state index in [9.17, 15) is 4.79 Å². The zero-order valence-electron chi connectivity index (χ0n) is 4.26. The Labute approximate surface area is 47.1 Å². The molecule has 0 spiro atoms. The first-order valence-corrected chi connectivity index (χ1v) is 2.38. The highest BCUT2D eigenvalue weighted by atomic mass is 16.5. The first-order valence-electron chi connectivity index (χ1n) is 2.38. The van der Waals surface area contributed by atoms with Gasteiger partial charge in [0.25, 0.3) is 0 Å². The van der Waals surface area contributed by atoms with Crippen LogP contribution >= 0.6 is 0 Å². The van der Waals surface area contributed by atoms with Gasteiger partial charge in [-0.1, -0.05) is 0 Å². The number of cyclic esters (lactones) is 1. The number of hydrogen-bond acceptors (Lipinski definition) is 2. The molecule has 1 unspecified atom stereocenters. The van der Waals surface area contributed by atoms with Gasteiger partial charge in [-0.2, -0.15) is 0 Å². The van der Waals surface area contributed by atoms with Crippen LogP contribution in [0.5, 0.6) is 0 Å². The largest absolute Gasteiger partial charge is 0.460 e. The highest BCUT2D eigenvalue weighted by molar-refractivity contribution is 5.79. The molecule has 0 radical (unpaired) electrons. The van der Waals surface area contributed by atoms with Gasteiger partial charge in [0, 0.05) is 0 Å². The van der Waals surface area contributed by atoms with Crippen LogP contribution in [0.25, 0.3) is 4.85 Å². The maximum atomic E-state index is 10.4. The van der Waals surface area contributed by atoms with Gasteiger partial charge in [0.2, 0.25) is 0 Å². The normalized spacial score (nSPS) is 26.9. The second kappa shape index (κ2) is 1.83. The Morgan fingerprint density at radius 2 is 2.62 bits per heavy atom. The average molecular weight is 111 g/mol. The predicted molar refractivity (Wildman–Crippen MR) is 26.0 cm³/mol. The summed E-state index contributed by atoms with van der Waals surface area (Å²) < 4.78 is 4.50. The molecule has 8 heavy (non-hydrogen) atoms. The zero-order valence-corrected chi connectivity index (χ0v) is 4.26. The molecule has 0 saturated carbocycles. The number of hydrogen-bond donors (Lipinski definition) is 0. The molecule has 0 aliphatic carbocycles. The van der Waals surface area contributed by atoms with Crippen LogP contribution in [0.3, 0.4) is 0 Å². The van der Waals surface area contributed by atoms with Gasteiger partial charge >= 0.3 is 12.0 Å². The minimum absolute atomic E-state index is 0.361. The third-order valence-corrected chi connectivity index (χ3v) is 1.06. The fraction of sp³-hybridized carbons (Fsp3) is 0.600. The Balaban J connectivity index is 2.58. The molecule has 1 saturated heterocycles. The second-order valence-electron chi connectivity index (χ2n) is 1.60. The number of nitrogens with zero attached hydrogens (tertiary/aromatic N) is 1. The van der Waals surface area contributed by atoms with Gasteiger partial charge in [0.1, 0.15) is 0 Å². The molecular weight excluding hydrogens is 106 g/mol. The standard InChI is InChI=1S/C5H5NO2/c1-6-4-2-3-8-5(4)7/h4H,2-3H2. The van der Waals surface area contributed by atoms with Crippen LogP contribution in [0.2, 0.25) is 0 Å². The van der Waals surface area contributed by atoms with E-state index in [0.29, 0.717) is 13.0 Å². The Morgan fingerprint density at radius 1 is 1.88 bits per heavy atom. The first-order chi connectivity index (χ1) is 3.84. The maximum Gasteiger partial charge on any atom is 0.390 e. The lowest BCUT2D eigenvalue weighted by molar-refractivity contribution is -0.138. The third-order valence-electron chi connectivity index (χ3n) is 1.06. The summed E-state index contributed by atoms with van der Waals surface area (Å²) in [6.07, 6.45) is 0.572. The molecule has 0 aromatic carbocycles. The Morgan fingerprint density at radius 3 is 2.88 bits per heavy atom. The summed E-state index contributed by atoms with van der Waals surface area (Å²) in [7, 11) is 0. The van der Waals surface area contributed by atoms with Gasteiger partial charge in [0.15, 0.2) is 0 Å². The second-order valence-corrected chi connectivity index (χ2v) is 1.60. The van der Waals surface area contributed by atoms with Crippen molar-refractivity contribution in [2.75, 3.05) is 6.61 Å². The number of ether oxygens (including phenoxy) is 1. The molecule has 3 heteroatoms. The lowest BCUT2D eigenvalue weighted by Gasteiger charge is -1.83. The van der Waals surface area contributed by atoms with Crippen molar-refractivity contribution in [3.05, 3.63) is 11.4 Å². The van der Waals surface area contributed by atoms with E-state index in [1.54, 1.807) is 0 Å². The van der Waals surface area contributed by atoms with E-state index >= 15 is 0 Å². The molecular formula is C5H5NO2. The molecule has 1 heterocycles. The summed E-state index contributed by atoms with van der Waals surface area (Å²) >= 11 is 0. The molecule has 1 fully saturated rings. The quantitative estimate of drug-likeness (QED) is 0.330. The maximum absolute atomic E-state index is 10.4. The molecule has 0 N–H and O–H groups in total. The van der Waals surface area contributed by atoms with E-state index in [4.69, 9.17) is 6.57 Å². The van der Waals surface area contributed by atoms with Crippen LogP contribution in [0, 0.1) is 6.57 Å². The Bertz CT molecular complexity index is 147. The number of rotatable bonds is 0. The van der Waals surface area contributed by atoms with Crippen LogP contribution in [-0.4, -0.2) is 18.6 Å². The lowest BCUT2D eigenvalue weighted by Crippen LogP contribution is -2.07. The summed E-state index contributed by atoms with van der Waals surface area (Å²) in [5.41, 5.74) is 0.